The molecule has 2 aliphatic heterocycles. The van der Waals surface area contributed by atoms with Crippen LogP contribution in [0.25, 0.3) is 44.1 Å². The average Bonchev–Trinajstić information content (AvgIpc) is 3.35. The molecule has 0 bridgehead atoms. The highest BCUT2D eigenvalue weighted by atomic mass is 16.7. The predicted octanol–water partition coefficient (Wildman–Crippen LogP) is 6.72. The van der Waals surface area contributed by atoms with E-state index in [1.165, 1.54) is 0 Å². The van der Waals surface area contributed by atoms with Crippen molar-refractivity contribution in [2.75, 3.05) is 0 Å². The van der Waals surface area contributed by atoms with Gasteiger partial charge < -0.3 is 18.6 Å². The first kappa shape index (κ1) is 29.2. The highest BCUT2D eigenvalue weighted by Gasteiger charge is 2.53. The molecule has 0 unspecified atom stereocenters. The second kappa shape index (κ2) is 9.98. The molecule has 2 saturated heterocycles. The van der Waals surface area contributed by atoms with E-state index in [9.17, 15) is 0 Å². The Morgan fingerprint density at radius 2 is 0.795 bits per heavy atom. The first-order valence-electron chi connectivity index (χ1n) is 15.4. The topological polar surface area (TPSA) is 62.7 Å². The lowest BCUT2D eigenvalue weighted by Crippen LogP contribution is -2.41. The van der Waals surface area contributed by atoms with Gasteiger partial charge in [-0.2, -0.15) is 0 Å². The molecule has 0 atom stereocenters. The molecule has 7 rings (SSSR count). The highest BCUT2D eigenvalue weighted by molar-refractivity contribution is 6.66. The van der Waals surface area contributed by atoms with Crippen molar-refractivity contribution in [3.05, 3.63) is 85.2 Å². The van der Waals surface area contributed by atoms with Crippen LogP contribution >= 0.6 is 0 Å². The van der Waals surface area contributed by atoms with Gasteiger partial charge in [-0.25, -0.2) is 9.97 Å². The number of rotatable bonds is 4. The van der Waals surface area contributed by atoms with E-state index in [0.717, 1.165) is 55.0 Å². The van der Waals surface area contributed by atoms with Gasteiger partial charge in [-0.1, -0.05) is 72.8 Å². The molecule has 0 aliphatic carbocycles. The van der Waals surface area contributed by atoms with Crippen molar-refractivity contribution in [1.29, 1.82) is 0 Å². The summed E-state index contributed by atoms with van der Waals surface area (Å²) in [5.74, 6) is 0. The van der Waals surface area contributed by atoms with E-state index >= 15 is 0 Å². The molecular formula is C36H38B2N2O4. The van der Waals surface area contributed by atoms with E-state index in [0.29, 0.717) is 0 Å². The number of hydrogen-bond acceptors (Lipinski definition) is 6. The average molecular weight is 584 g/mol. The van der Waals surface area contributed by atoms with Gasteiger partial charge >= 0.3 is 14.2 Å². The van der Waals surface area contributed by atoms with Crippen LogP contribution in [0.2, 0.25) is 0 Å². The van der Waals surface area contributed by atoms with Gasteiger partial charge in [0.15, 0.2) is 0 Å². The van der Waals surface area contributed by atoms with Gasteiger partial charge in [0.1, 0.15) is 6.33 Å². The van der Waals surface area contributed by atoms with Crippen LogP contribution in [0, 0.1) is 0 Å². The summed E-state index contributed by atoms with van der Waals surface area (Å²) in [5, 5.41) is 4.34. The second-order valence-corrected chi connectivity index (χ2v) is 14.0. The van der Waals surface area contributed by atoms with E-state index < -0.39 is 36.6 Å². The number of aromatic nitrogens is 2. The Kier molecular flexibility index (Phi) is 6.62. The lowest BCUT2D eigenvalue weighted by molar-refractivity contribution is 0.00578. The lowest BCUT2D eigenvalue weighted by atomic mass is 9.75. The lowest BCUT2D eigenvalue weighted by Gasteiger charge is -2.32. The minimum atomic E-state index is -0.450. The molecule has 0 N–H and O–H groups in total. The molecule has 222 valence electrons. The highest BCUT2D eigenvalue weighted by Crippen LogP contribution is 2.39. The van der Waals surface area contributed by atoms with Crippen molar-refractivity contribution in [2.24, 2.45) is 0 Å². The third-order valence-electron chi connectivity index (χ3n) is 10.1. The van der Waals surface area contributed by atoms with Crippen molar-refractivity contribution >= 4 is 46.7 Å². The fourth-order valence-electron chi connectivity index (χ4n) is 6.09. The normalized spacial score (nSPS) is 20.1. The van der Waals surface area contributed by atoms with Crippen LogP contribution < -0.4 is 10.9 Å². The molecule has 4 aromatic carbocycles. The number of hydrogen-bond donors (Lipinski definition) is 0. The molecule has 2 aliphatic rings. The summed E-state index contributed by atoms with van der Waals surface area (Å²) < 4.78 is 25.7. The molecule has 1 aromatic heterocycles. The van der Waals surface area contributed by atoms with Crippen molar-refractivity contribution in [3.8, 4) is 22.5 Å². The molecule has 0 spiro atoms. The Morgan fingerprint density at radius 3 is 1.16 bits per heavy atom. The van der Waals surface area contributed by atoms with Gasteiger partial charge in [-0.15, -0.1) is 0 Å². The summed E-state index contributed by atoms with van der Waals surface area (Å²) >= 11 is 0. The second-order valence-electron chi connectivity index (χ2n) is 14.0. The van der Waals surface area contributed by atoms with E-state index in [4.69, 9.17) is 28.6 Å². The van der Waals surface area contributed by atoms with Crippen molar-refractivity contribution in [3.63, 3.8) is 0 Å². The standard InChI is InChI=1S/C36H38B2N2O4/c1-33(2)34(3,4)42-37(41-33)29-19-17-27(23-13-9-11-15-25(23)29)31-21-32(40-22-39-31)28-18-20-30(26-16-12-10-14-24(26)28)38-43-35(5,6)36(7,8)44-38/h9-22H,1-8H3. The number of benzene rings is 4. The Morgan fingerprint density at radius 1 is 0.455 bits per heavy atom. The van der Waals surface area contributed by atoms with Crippen LogP contribution in [0.15, 0.2) is 85.2 Å². The summed E-state index contributed by atoms with van der Waals surface area (Å²) in [6, 6.07) is 27.3. The molecular weight excluding hydrogens is 546 g/mol. The summed E-state index contributed by atoms with van der Waals surface area (Å²) in [7, 11) is -0.900. The Hall–Kier alpha value is -3.55. The van der Waals surface area contributed by atoms with Crippen LogP contribution in [0.5, 0.6) is 0 Å². The minimum Gasteiger partial charge on any atom is -0.399 e. The Balaban J connectivity index is 1.30. The summed E-state index contributed by atoms with van der Waals surface area (Å²) in [5.41, 5.74) is 4.13. The van der Waals surface area contributed by atoms with Gasteiger partial charge in [0.25, 0.3) is 0 Å². The predicted molar refractivity (Wildman–Crippen MR) is 179 cm³/mol. The molecule has 0 saturated carbocycles. The van der Waals surface area contributed by atoms with Gasteiger partial charge in [-0.3, -0.25) is 0 Å². The van der Waals surface area contributed by atoms with Crippen LogP contribution in [0.3, 0.4) is 0 Å². The van der Waals surface area contributed by atoms with E-state index in [1.54, 1.807) is 6.33 Å². The molecule has 8 heteroatoms. The number of nitrogens with zero attached hydrogens (tertiary/aromatic N) is 2. The van der Waals surface area contributed by atoms with Crippen LogP contribution in [-0.2, 0) is 18.6 Å². The third-order valence-corrected chi connectivity index (χ3v) is 10.1. The van der Waals surface area contributed by atoms with Gasteiger partial charge in [0, 0.05) is 11.1 Å². The fraction of sp³-hybridized carbons (Fsp3) is 0.333. The minimum absolute atomic E-state index is 0.417. The third kappa shape index (κ3) is 4.58. The van der Waals surface area contributed by atoms with E-state index in [2.05, 4.69) is 134 Å². The van der Waals surface area contributed by atoms with Crippen LogP contribution in [0.4, 0.5) is 0 Å². The zero-order valence-corrected chi connectivity index (χ0v) is 26.8. The van der Waals surface area contributed by atoms with E-state index in [1.807, 2.05) is 0 Å². The van der Waals surface area contributed by atoms with Crippen molar-refractivity contribution in [1.82, 2.24) is 9.97 Å². The van der Waals surface area contributed by atoms with Gasteiger partial charge in [-0.05, 0) is 93.9 Å². The summed E-state index contributed by atoms with van der Waals surface area (Å²) in [6.45, 7) is 16.6. The van der Waals surface area contributed by atoms with Crippen LogP contribution in [0.1, 0.15) is 55.4 Å². The molecule has 0 amide bonds. The Bertz CT molecular complexity index is 1750. The monoisotopic (exact) mass is 584 g/mol. The molecule has 0 radical (unpaired) electrons. The summed E-state index contributed by atoms with van der Waals surface area (Å²) in [4.78, 5) is 9.48. The maximum atomic E-state index is 6.43. The van der Waals surface area contributed by atoms with Crippen molar-refractivity contribution < 1.29 is 18.6 Å². The van der Waals surface area contributed by atoms with Gasteiger partial charge in [0.05, 0.1) is 33.8 Å². The maximum Gasteiger partial charge on any atom is 0.495 e. The molecule has 5 aromatic rings. The largest absolute Gasteiger partial charge is 0.495 e. The summed E-state index contributed by atoms with van der Waals surface area (Å²) in [6.07, 6.45) is 1.65. The van der Waals surface area contributed by atoms with Crippen LogP contribution in [-0.4, -0.2) is 46.6 Å². The van der Waals surface area contributed by atoms with Crippen molar-refractivity contribution in [2.45, 2.75) is 77.8 Å². The first-order chi connectivity index (χ1) is 20.8. The quantitative estimate of drug-likeness (QED) is 0.219. The maximum absolute atomic E-state index is 6.43. The molecule has 6 nitrogen and oxygen atoms in total. The van der Waals surface area contributed by atoms with Gasteiger partial charge in [0.2, 0.25) is 0 Å². The first-order valence-corrected chi connectivity index (χ1v) is 15.4. The fourth-order valence-corrected chi connectivity index (χ4v) is 6.09. The molecule has 2 fully saturated rings. The number of fused-ring (bicyclic) bond motifs is 2. The van der Waals surface area contributed by atoms with E-state index in [-0.39, 0.29) is 0 Å². The zero-order chi connectivity index (χ0) is 31.1. The zero-order valence-electron chi connectivity index (χ0n) is 26.8. The Labute approximate surface area is 260 Å². The molecule has 3 heterocycles. The smallest absolute Gasteiger partial charge is 0.399 e. The molecule has 44 heavy (non-hydrogen) atoms. The SMILES string of the molecule is CC1(C)OB(c2ccc(-c3cc(-c4ccc(B5OC(C)(C)C(C)(C)O5)c5ccccc45)ncn3)c3ccccc23)OC1(C)C.